The van der Waals surface area contributed by atoms with Gasteiger partial charge in [-0.15, -0.1) is 11.3 Å². The van der Waals surface area contributed by atoms with E-state index in [4.69, 9.17) is 0 Å². The van der Waals surface area contributed by atoms with Crippen LogP contribution in [0.25, 0.3) is 0 Å². The lowest BCUT2D eigenvalue weighted by Crippen LogP contribution is -2.14. The van der Waals surface area contributed by atoms with E-state index in [1.807, 2.05) is 49.8 Å². The molecule has 23 heavy (non-hydrogen) atoms. The van der Waals surface area contributed by atoms with E-state index in [1.54, 1.807) is 22.2 Å². The zero-order chi connectivity index (χ0) is 16.2. The molecule has 0 saturated heterocycles. The summed E-state index contributed by atoms with van der Waals surface area (Å²) in [5, 5.41) is 13.0. The number of hydrogen-bond acceptors (Lipinski definition) is 5. The molecular weight excluding hydrogens is 310 g/mol. The number of thiazole rings is 1. The lowest BCUT2D eigenvalue weighted by Gasteiger charge is -2.06. The monoisotopic (exact) mass is 327 g/mol. The molecule has 0 aliphatic heterocycles. The maximum Gasteiger partial charge on any atom is 0.228 e. The lowest BCUT2D eigenvalue weighted by molar-refractivity contribution is -0.115. The van der Waals surface area contributed by atoms with Crippen LogP contribution in [0, 0.1) is 6.92 Å². The van der Waals surface area contributed by atoms with Crippen molar-refractivity contribution in [2.24, 2.45) is 7.05 Å². The van der Waals surface area contributed by atoms with E-state index >= 15 is 0 Å². The number of nitrogens with zero attached hydrogens (tertiary/aromatic N) is 3. The highest BCUT2D eigenvalue weighted by Crippen LogP contribution is 2.22. The Morgan fingerprint density at radius 2 is 2.00 bits per heavy atom. The summed E-state index contributed by atoms with van der Waals surface area (Å²) in [6.45, 7) is 1.96. The molecule has 6 nitrogen and oxygen atoms in total. The zero-order valence-corrected chi connectivity index (χ0v) is 13.7. The van der Waals surface area contributed by atoms with Crippen molar-refractivity contribution >= 4 is 33.8 Å². The minimum atomic E-state index is -0.0609. The number of rotatable bonds is 5. The summed E-state index contributed by atoms with van der Waals surface area (Å²) in [4.78, 5) is 16.4. The Balaban J connectivity index is 1.57. The second kappa shape index (κ2) is 6.62. The summed E-state index contributed by atoms with van der Waals surface area (Å²) >= 11 is 1.56. The predicted octanol–water partition coefficient (Wildman–Crippen LogP) is 3.11. The maximum atomic E-state index is 12.0. The van der Waals surface area contributed by atoms with Crippen molar-refractivity contribution in [2.45, 2.75) is 13.3 Å². The van der Waals surface area contributed by atoms with E-state index in [-0.39, 0.29) is 5.91 Å². The predicted molar refractivity (Wildman–Crippen MR) is 92.1 cm³/mol. The van der Waals surface area contributed by atoms with Gasteiger partial charge in [0.15, 0.2) is 5.13 Å². The molecule has 0 radical (unpaired) electrons. The van der Waals surface area contributed by atoms with E-state index in [2.05, 4.69) is 20.7 Å². The second-order valence-corrected chi connectivity index (χ2v) is 6.10. The molecule has 7 heteroatoms. The van der Waals surface area contributed by atoms with Crippen LogP contribution < -0.4 is 10.6 Å². The third-order valence-corrected chi connectivity index (χ3v) is 4.04. The first-order valence-corrected chi connectivity index (χ1v) is 8.03. The molecule has 0 saturated carbocycles. The van der Waals surface area contributed by atoms with Crippen molar-refractivity contribution in [3.63, 3.8) is 0 Å². The molecule has 0 atom stereocenters. The quantitative estimate of drug-likeness (QED) is 0.755. The van der Waals surface area contributed by atoms with Gasteiger partial charge in [0.25, 0.3) is 0 Å². The van der Waals surface area contributed by atoms with Crippen molar-refractivity contribution in [1.29, 1.82) is 0 Å². The van der Waals surface area contributed by atoms with Crippen LogP contribution in [0.5, 0.6) is 0 Å². The molecule has 1 aromatic carbocycles. The maximum absolute atomic E-state index is 12.0. The highest BCUT2D eigenvalue weighted by molar-refractivity contribution is 7.13. The van der Waals surface area contributed by atoms with Crippen LogP contribution in [-0.4, -0.2) is 20.7 Å². The third-order valence-electron chi connectivity index (χ3n) is 3.16. The number of carbonyl (C=O) groups is 1. The molecule has 0 aliphatic carbocycles. The smallest absolute Gasteiger partial charge is 0.228 e. The fourth-order valence-corrected chi connectivity index (χ4v) is 2.83. The first kappa shape index (κ1) is 15.2. The molecule has 2 aromatic heterocycles. The summed E-state index contributed by atoms with van der Waals surface area (Å²) < 4.78 is 1.68. The number of amides is 1. The largest absolute Gasteiger partial charge is 0.332 e. The topological polar surface area (TPSA) is 71.8 Å². The Labute approximate surface area is 138 Å². The van der Waals surface area contributed by atoms with Gasteiger partial charge in [0.1, 0.15) is 0 Å². The van der Waals surface area contributed by atoms with Crippen molar-refractivity contribution in [3.05, 3.63) is 53.3 Å². The first-order valence-electron chi connectivity index (χ1n) is 7.15. The highest BCUT2D eigenvalue weighted by Gasteiger charge is 2.06. The van der Waals surface area contributed by atoms with Crippen LogP contribution >= 0.6 is 11.3 Å². The Morgan fingerprint density at radius 1 is 1.26 bits per heavy atom. The fraction of sp³-hybridized carbons (Fsp3) is 0.188. The van der Waals surface area contributed by atoms with Gasteiger partial charge in [-0.05, 0) is 36.8 Å². The summed E-state index contributed by atoms with van der Waals surface area (Å²) in [5.41, 5.74) is 3.59. The number of anilines is 3. The molecule has 0 spiro atoms. The third kappa shape index (κ3) is 4.17. The molecule has 3 aromatic rings. The molecule has 118 valence electrons. The molecule has 2 N–H and O–H groups in total. The van der Waals surface area contributed by atoms with Crippen LogP contribution in [0.2, 0.25) is 0 Å². The summed E-state index contributed by atoms with van der Waals surface area (Å²) in [6.07, 6.45) is 3.84. The van der Waals surface area contributed by atoms with Crippen LogP contribution in [0.1, 0.15) is 11.3 Å². The van der Waals surface area contributed by atoms with Gasteiger partial charge < -0.3 is 10.6 Å². The normalized spacial score (nSPS) is 10.5. The van der Waals surface area contributed by atoms with Crippen molar-refractivity contribution < 1.29 is 4.79 Å². The molecule has 0 unspecified atom stereocenters. The van der Waals surface area contributed by atoms with Gasteiger partial charge in [-0.1, -0.05) is 0 Å². The number of nitrogens with one attached hydrogen (secondary N) is 2. The molecule has 0 fully saturated rings. The Bertz CT molecular complexity index is 806. The van der Waals surface area contributed by atoms with Gasteiger partial charge in [0.2, 0.25) is 5.91 Å². The molecule has 0 aliphatic rings. The summed E-state index contributed by atoms with van der Waals surface area (Å²) in [5.74, 6) is -0.0609. The number of aromatic nitrogens is 3. The zero-order valence-electron chi connectivity index (χ0n) is 12.9. The van der Waals surface area contributed by atoms with Crippen LogP contribution in [0.4, 0.5) is 16.5 Å². The Hall–Kier alpha value is -2.67. The second-order valence-electron chi connectivity index (χ2n) is 5.24. The number of hydrogen-bond donors (Lipinski definition) is 2. The number of aryl methyl sites for hydroxylation is 2. The van der Waals surface area contributed by atoms with Gasteiger partial charge in [0.05, 0.1) is 18.3 Å². The van der Waals surface area contributed by atoms with Gasteiger partial charge in [-0.3, -0.25) is 9.48 Å². The molecular formula is C16H17N5OS. The van der Waals surface area contributed by atoms with E-state index in [9.17, 15) is 4.79 Å². The Kier molecular flexibility index (Phi) is 4.38. The average molecular weight is 327 g/mol. The Morgan fingerprint density at radius 3 is 2.61 bits per heavy atom. The molecule has 2 heterocycles. The van der Waals surface area contributed by atoms with Crippen molar-refractivity contribution in [2.75, 3.05) is 10.6 Å². The first-order chi connectivity index (χ1) is 11.1. The lowest BCUT2D eigenvalue weighted by atomic mass is 10.2. The number of carbonyl (C=O) groups excluding carboxylic acids is 1. The molecule has 3 rings (SSSR count). The van der Waals surface area contributed by atoms with Crippen LogP contribution in [0.15, 0.2) is 42.0 Å². The fourth-order valence-electron chi connectivity index (χ4n) is 2.13. The van der Waals surface area contributed by atoms with Gasteiger partial charge in [-0.25, -0.2) is 4.98 Å². The minimum absolute atomic E-state index is 0.0609. The van der Waals surface area contributed by atoms with Gasteiger partial charge in [-0.2, -0.15) is 5.10 Å². The standard InChI is InChI=1S/C16H17N5OS/c1-11-10-23-16(18-11)20-14-5-3-13(4-6-14)19-15(22)7-12-8-17-21(2)9-12/h3-6,8-10H,7H2,1-2H3,(H,18,20)(H,19,22). The average Bonchev–Trinajstić information content (AvgIpc) is 3.10. The summed E-state index contributed by atoms with van der Waals surface area (Å²) in [6, 6.07) is 7.56. The molecule has 0 bridgehead atoms. The number of benzene rings is 1. The SMILES string of the molecule is Cc1csc(Nc2ccc(NC(=O)Cc3cnn(C)c3)cc2)n1. The van der Waals surface area contributed by atoms with E-state index < -0.39 is 0 Å². The van der Waals surface area contributed by atoms with Crippen molar-refractivity contribution in [3.8, 4) is 0 Å². The van der Waals surface area contributed by atoms with Crippen LogP contribution in [0.3, 0.4) is 0 Å². The summed E-state index contributed by atoms with van der Waals surface area (Å²) in [7, 11) is 1.83. The van der Waals surface area contributed by atoms with E-state index in [1.165, 1.54) is 0 Å². The van der Waals surface area contributed by atoms with E-state index in [0.717, 1.165) is 27.8 Å². The van der Waals surface area contributed by atoms with E-state index in [0.29, 0.717) is 6.42 Å². The van der Waals surface area contributed by atoms with Gasteiger partial charge >= 0.3 is 0 Å². The highest BCUT2D eigenvalue weighted by atomic mass is 32.1. The van der Waals surface area contributed by atoms with Gasteiger partial charge in [0, 0.05) is 30.0 Å². The van der Waals surface area contributed by atoms with Crippen molar-refractivity contribution in [1.82, 2.24) is 14.8 Å². The minimum Gasteiger partial charge on any atom is -0.332 e. The molecule has 1 amide bonds. The van der Waals surface area contributed by atoms with Crippen LogP contribution in [-0.2, 0) is 18.3 Å².